The molecule has 0 aliphatic carbocycles. The van der Waals surface area contributed by atoms with Crippen LogP contribution in [-0.4, -0.2) is 9.55 Å². The molecule has 28 heavy (non-hydrogen) atoms. The van der Waals surface area contributed by atoms with E-state index < -0.39 is 0 Å². The van der Waals surface area contributed by atoms with Crippen LogP contribution in [0.15, 0.2) is 58.1 Å². The minimum atomic E-state index is -0.00606. The van der Waals surface area contributed by atoms with Crippen LogP contribution in [0.4, 0.5) is 0 Å². The summed E-state index contributed by atoms with van der Waals surface area (Å²) in [5.74, 6) is 0. The van der Waals surface area contributed by atoms with Crippen LogP contribution in [0.25, 0.3) is 43.6 Å². The topological polar surface area (TPSA) is 54.9 Å². The molecule has 0 fully saturated rings. The van der Waals surface area contributed by atoms with Gasteiger partial charge >= 0.3 is 0 Å². The molecule has 2 heterocycles. The number of rotatable bonds is 1. The zero-order chi connectivity index (χ0) is 19.6. The van der Waals surface area contributed by atoms with Crippen molar-refractivity contribution < 1.29 is 0 Å². The average Bonchev–Trinajstić information content (AvgIpc) is 2.69. The highest BCUT2D eigenvalue weighted by molar-refractivity contribution is 6.03. The highest BCUT2D eigenvalue weighted by Gasteiger charge is 2.14. The number of para-hydroxylation sites is 1. The van der Waals surface area contributed by atoms with Gasteiger partial charge in [0, 0.05) is 28.1 Å². The lowest BCUT2D eigenvalue weighted by molar-refractivity contribution is 0.821. The molecular formula is C24H20N2O2. The van der Waals surface area contributed by atoms with Gasteiger partial charge < -0.3 is 9.55 Å². The van der Waals surface area contributed by atoms with Crippen molar-refractivity contribution in [2.75, 3.05) is 0 Å². The number of aromatic amines is 1. The lowest BCUT2D eigenvalue weighted by atomic mass is 10.0. The molecule has 0 unspecified atom stereocenters. The van der Waals surface area contributed by atoms with Crippen LogP contribution >= 0.6 is 0 Å². The monoisotopic (exact) mass is 368 g/mol. The molecule has 0 radical (unpaired) electrons. The minimum absolute atomic E-state index is 0.00558. The molecule has 0 bridgehead atoms. The number of nitrogens with zero attached hydrogens (tertiary/aromatic N) is 1. The van der Waals surface area contributed by atoms with Crippen LogP contribution in [-0.2, 0) is 6.54 Å². The Hall–Kier alpha value is -3.40. The number of pyridine rings is 2. The first-order valence-electron chi connectivity index (χ1n) is 9.52. The number of H-pyrrole nitrogens is 1. The van der Waals surface area contributed by atoms with Crippen LogP contribution in [0.2, 0.25) is 0 Å². The molecule has 2 aromatic heterocycles. The van der Waals surface area contributed by atoms with Gasteiger partial charge in [0.1, 0.15) is 0 Å². The average molecular weight is 368 g/mol. The molecule has 5 rings (SSSR count). The summed E-state index contributed by atoms with van der Waals surface area (Å²) >= 11 is 0. The Morgan fingerprint density at radius 1 is 0.821 bits per heavy atom. The van der Waals surface area contributed by atoms with E-state index in [9.17, 15) is 9.59 Å². The quantitative estimate of drug-likeness (QED) is 0.433. The summed E-state index contributed by atoms with van der Waals surface area (Å²) in [5, 5.41) is 2.64. The highest BCUT2D eigenvalue weighted by atomic mass is 16.1. The van der Waals surface area contributed by atoms with Crippen molar-refractivity contribution in [1.82, 2.24) is 9.55 Å². The molecule has 4 heteroatoms. The Balaban J connectivity index is 2.07. The Morgan fingerprint density at radius 3 is 2.36 bits per heavy atom. The van der Waals surface area contributed by atoms with E-state index in [1.807, 2.05) is 62.4 Å². The van der Waals surface area contributed by atoms with Gasteiger partial charge in [-0.15, -0.1) is 0 Å². The standard InChI is InChI=1S/C24H20N2O2/c1-4-26-20-9-8-13(2)10-17(20)24(28)18-11-19-16(12-21(18)26)23(27)15-7-5-6-14(3)22(15)25-19/h5-12H,4H2,1-3H3,(H,25,27). The molecule has 5 aromatic rings. The molecule has 1 N–H and O–H groups in total. The largest absolute Gasteiger partial charge is 0.354 e. The lowest BCUT2D eigenvalue weighted by Crippen LogP contribution is -2.13. The van der Waals surface area contributed by atoms with Crippen LogP contribution in [0.1, 0.15) is 18.1 Å². The molecule has 0 spiro atoms. The second-order valence-electron chi connectivity index (χ2n) is 7.46. The van der Waals surface area contributed by atoms with Crippen molar-refractivity contribution in [2.45, 2.75) is 27.3 Å². The van der Waals surface area contributed by atoms with E-state index in [2.05, 4.69) is 16.5 Å². The van der Waals surface area contributed by atoms with E-state index in [-0.39, 0.29) is 10.9 Å². The molecule has 0 aliphatic rings. The fourth-order valence-electron chi connectivity index (χ4n) is 4.27. The molecule has 0 saturated carbocycles. The van der Waals surface area contributed by atoms with E-state index in [0.29, 0.717) is 33.6 Å². The zero-order valence-corrected chi connectivity index (χ0v) is 16.1. The summed E-state index contributed by atoms with van der Waals surface area (Å²) in [7, 11) is 0. The summed E-state index contributed by atoms with van der Waals surface area (Å²) in [6, 6.07) is 15.4. The first-order valence-corrected chi connectivity index (χ1v) is 9.52. The van der Waals surface area contributed by atoms with Crippen LogP contribution in [0, 0.1) is 13.8 Å². The summed E-state index contributed by atoms with van der Waals surface area (Å²) in [4.78, 5) is 29.8. The maximum absolute atomic E-state index is 13.3. The van der Waals surface area contributed by atoms with Gasteiger partial charge in [0.15, 0.2) is 10.9 Å². The van der Waals surface area contributed by atoms with Gasteiger partial charge in [0.05, 0.1) is 22.1 Å². The fourth-order valence-corrected chi connectivity index (χ4v) is 4.27. The third-order valence-electron chi connectivity index (χ3n) is 5.70. The van der Waals surface area contributed by atoms with E-state index in [1.165, 1.54) is 0 Å². The number of aryl methyl sites for hydroxylation is 3. The zero-order valence-electron chi connectivity index (χ0n) is 16.1. The van der Waals surface area contributed by atoms with Crippen molar-refractivity contribution >= 4 is 43.6 Å². The SMILES string of the molecule is CCn1c2ccc(C)cc2c(=O)c2cc3[nH]c4c(C)cccc4c(=O)c3cc21. The molecule has 0 aliphatic heterocycles. The van der Waals surface area contributed by atoms with Gasteiger partial charge in [0.25, 0.3) is 0 Å². The molecule has 138 valence electrons. The first kappa shape index (κ1) is 16.8. The molecule has 3 aromatic carbocycles. The van der Waals surface area contributed by atoms with Crippen molar-refractivity contribution in [3.05, 3.63) is 80.1 Å². The molecular weight excluding hydrogens is 348 g/mol. The predicted octanol–water partition coefficient (Wildman–Crippen LogP) is 4.79. The van der Waals surface area contributed by atoms with Gasteiger partial charge in [-0.2, -0.15) is 0 Å². The summed E-state index contributed by atoms with van der Waals surface area (Å²) in [6.07, 6.45) is 0. The second kappa shape index (κ2) is 5.80. The number of hydrogen-bond acceptors (Lipinski definition) is 2. The third kappa shape index (κ3) is 2.18. The second-order valence-corrected chi connectivity index (χ2v) is 7.46. The van der Waals surface area contributed by atoms with Gasteiger partial charge in [-0.05, 0) is 56.7 Å². The first-order chi connectivity index (χ1) is 13.5. The molecule has 0 amide bonds. The summed E-state index contributed by atoms with van der Waals surface area (Å²) in [6.45, 7) is 6.74. The van der Waals surface area contributed by atoms with E-state index in [1.54, 1.807) is 0 Å². The van der Waals surface area contributed by atoms with Crippen molar-refractivity contribution in [3.63, 3.8) is 0 Å². The van der Waals surface area contributed by atoms with Gasteiger partial charge in [0.2, 0.25) is 0 Å². The smallest absolute Gasteiger partial charge is 0.197 e. The molecule has 0 atom stereocenters. The highest BCUT2D eigenvalue weighted by Crippen LogP contribution is 2.25. The van der Waals surface area contributed by atoms with E-state index in [4.69, 9.17) is 0 Å². The Labute approximate surface area is 161 Å². The van der Waals surface area contributed by atoms with Crippen molar-refractivity contribution in [2.24, 2.45) is 0 Å². The third-order valence-corrected chi connectivity index (χ3v) is 5.70. The number of hydrogen-bond donors (Lipinski definition) is 1. The number of aromatic nitrogens is 2. The molecule has 4 nitrogen and oxygen atoms in total. The summed E-state index contributed by atoms with van der Waals surface area (Å²) in [5.41, 5.74) is 5.29. The normalized spacial score (nSPS) is 11.8. The van der Waals surface area contributed by atoms with Crippen LogP contribution in [0.5, 0.6) is 0 Å². The summed E-state index contributed by atoms with van der Waals surface area (Å²) < 4.78 is 2.12. The lowest BCUT2D eigenvalue weighted by Gasteiger charge is -2.15. The number of fused-ring (bicyclic) bond motifs is 4. The maximum Gasteiger partial charge on any atom is 0.197 e. The fraction of sp³-hybridized carbons (Fsp3) is 0.167. The van der Waals surface area contributed by atoms with Crippen molar-refractivity contribution in [1.29, 1.82) is 0 Å². The van der Waals surface area contributed by atoms with Gasteiger partial charge in [-0.25, -0.2) is 0 Å². The van der Waals surface area contributed by atoms with E-state index in [0.717, 1.165) is 27.7 Å². The Kier molecular flexibility index (Phi) is 3.47. The predicted molar refractivity (Wildman–Crippen MR) is 116 cm³/mol. The maximum atomic E-state index is 13.3. The minimum Gasteiger partial charge on any atom is -0.354 e. The van der Waals surface area contributed by atoms with Crippen molar-refractivity contribution in [3.8, 4) is 0 Å². The van der Waals surface area contributed by atoms with E-state index >= 15 is 0 Å². The number of nitrogens with one attached hydrogen (secondary N) is 1. The molecule has 0 saturated heterocycles. The van der Waals surface area contributed by atoms with Gasteiger partial charge in [-0.1, -0.05) is 23.8 Å². The van der Waals surface area contributed by atoms with Crippen LogP contribution < -0.4 is 10.9 Å². The Bertz CT molecular complexity index is 1560. The van der Waals surface area contributed by atoms with Crippen LogP contribution in [0.3, 0.4) is 0 Å². The Morgan fingerprint density at radius 2 is 1.57 bits per heavy atom. The van der Waals surface area contributed by atoms with Gasteiger partial charge in [-0.3, -0.25) is 9.59 Å². The number of benzene rings is 3.